The molecule has 0 aliphatic carbocycles. The van der Waals surface area contributed by atoms with Gasteiger partial charge in [0.2, 0.25) is 0 Å². The Kier molecular flexibility index (Phi) is 3.85. The molecule has 96 valence electrons. The van der Waals surface area contributed by atoms with E-state index in [0.717, 1.165) is 26.2 Å². The van der Waals surface area contributed by atoms with Crippen LogP contribution in [0.4, 0.5) is 0 Å². The summed E-state index contributed by atoms with van der Waals surface area (Å²) in [6.07, 6.45) is 3.24. The zero-order chi connectivity index (χ0) is 12.5. The summed E-state index contributed by atoms with van der Waals surface area (Å²) in [6.45, 7) is 10.8. The molecule has 1 aromatic rings. The molecule has 1 fully saturated rings. The first-order chi connectivity index (χ1) is 8.02. The van der Waals surface area contributed by atoms with Crippen LogP contribution in [-0.2, 0) is 6.54 Å². The zero-order valence-corrected chi connectivity index (χ0v) is 11.9. The van der Waals surface area contributed by atoms with E-state index >= 15 is 0 Å². The van der Waals surface area contributed by atoms with Crippen molar-refractivity contribution in [2.45, 2.75) is 39.7 Å². The standard InChI is InChI=1S/C13H23N3S/c1-10(2)11-6-15-12(17-11)7-16-5-4-13(3,8-14)9-16/h6,10H,4-5,7-9,14H2,1-3H3. The molecule has 0 amide bonds. The molecule has 0 saturated carbocycles. The lowest BCUT2D eigenvalue weighted by Crippen LogP contribution is -2.31. The number of thiazole rings is 1. The number of nitrogens with two attached hydrogens (primary N) is 1. The van der Waals surface area contributed by atoms with Gasteiger partial charge in [-0.05, 0) is 30.8 Å². The van der Waals surface area contributed by atoms with Crippen LogP contribution in [0.5, 0.6) is 0 Å². The number of hydrogen-bond donors (Lipinski definition) is 1. The molecule has 3 nitrogen and oxygen atoms in total. The molecule has 1 atom stereocenters. The Labute approximate surface area is 108 Å². The Morgan fingerprint density at radius 1 is 1.59 bits per heavy atom. The molecule has 1 saturated heterocycles. The van der Waals surface area contributed by atoms with Gasteiger partial charge in [0, 0.05) is 17.6 Å². The van der Waals surface area contributed by atoms with Crippen molar-refractivity contribution in [3.63, 3.8) is 0 Å². The van der Waals surface area contributed by atoms with Crippen molar-refractivity contribution in [2.24, 2.45) is 11.1 Å². The Morgan fingerprint density at radius 3 is 2.88 bits per heavy atom. The fourth-order valence-electron chi connectivity index (χ4n) is 2.28. The van der Waals surface area contributed by atoms with E-state index in [0.29, 0.717) is 11.3 Å². The Morgan fingerprint density at radius 2 is 2.35 bits per heavy atom. The first kappa shape index (κ1) is 13.0. The molecule has 2 N–H and O–H groups in total. The van der Waals surface area contributed by atoms with Crippen LogP contribution in [0.3, 0.4) is 0 Å². The monoisotopic (exact) mass is 253 g/mol. The average molecular weight is 253 g/mol. The van der Waals surface area contributed by atoms with Crippen molar-refractivity contribution in [1.29, 1.82) is 0 Å². The van der Waals surface area contributed by atoms with E-state index < -0.39 is 0 Å². The summed E-state index contributed by atoms with van der Waals surface area (Å²) in [4.78, 5) is 8.39. The van der Waals surface area contributed by atoms with Gasteiger partial charge in [-0.15, -0.1) is 11.3 Å². The fourth-order valence-corrected chi connectivity index (χ4v) is 3.25. The highest BCUT2D eigenvalue weighted by Gasteiger charge is 2.32. The summed E-state index contributed by atoms with van der Waals surface area (Å²) in [6, 6.07) is 0. The quantitative estimate of drug-likeness (QED) is 0.896. The minimum Gasteiger partial charge on any atom is -0.330 e. The third-order valence-electron chi connectivity index (χ3n) is 3.63. The molecule has 1 aliphatic rings. The van der Waals surface area contributed by atoms with Gasteiger partial charge in [0.25, 0.3) is 0 Å². The largest absolute Gasteiger partial charge is 0.330 e. The molecular formula is C13H23N3S. The van der Waals surface area contributed by atoms with Gasteiger partial charge < -0.3 is 5.73 Å². The molecule has 1 unspecified atom stereocenters. The second-order valence-corrected chi connectivity index (χ2v) is 6.93. The maximum absolute atomic E-state index is 5.83. The van der Waals surface area contributed by atoms with Crippen molar-refractivity contribution in [2.75, 3.05) is 19.6 Å². The van der Waals surface area contributed by atoms with E-state index in [1.807, 2.05) is 17.5 Å². The number of aromatic nitrogens is 1. The lowest BCUT2D eigenvalue weighted by atomic mass is 9.90. The van der Waals surface area contributed by atoms with Crippen LogP contribution in [0.15, 0.2) is 6.20 Å². The van der Waals surface area contributed by atoms with Gasteiger partial charge in [-0.2, -0.15) is 0 Å². The van der Waals surface area contributed by atoms with Crippen molar-refractivity contribution < 1.29 is 0 Å². The molecule has 0 radical (unpaired) electrons. The van der Waals surface area contributed by atoms with Crippen LogP contribution in [-0.4, -0.2) is 29.5 Å². The minimum absolute atomic E-state index is 0.318. The van der Waals surface area contributed by atoms with E-state index in [1.54, 1.807) is 0 Å². The molecule has 0 spiro atoms. The smallest absolute Gasteiger partial charge is 0.107 e. The fraction of sp³-hybridized carbons (Fsp3) is 0.769. The maximum atomic E-state index is 5.83. The summed E-state index contributed by atoms with van der Waals surface area (Å²) < 4.78 is 0. The lowest BCUT2D eigenvalue weighted by Gasteiger charge is -2.21. The Hall–Kier alpha value is -0.450. The van der Waals surface area contributed by atoms with Crippen LogP contribution in [0.2, 0.25) is 0 Å². The lowest BCUT2D eigenvalue weighted by molar-refractivity contribution is 0.274. The van der Waals surface area contributed by atoms with Crippen LogP contribution < -0.4 is 5.73 Å². The highest BCUT2D eigenvalue weighted by Crippen LogP contribution is 2.30. The predicted octanol–water partition coefficient (Wildman–Crippen LogP) is 2.44. The van der Waals surface area contributed by atoms with Crippen molar-refractivity contribution in [1.82, 2.24) is 9.88 Å². The maximum Gasteiger partial charge on any atom is 0.107 e. The molecule has 0 bridgehead atoms. The molecule has 0 aromatic carbocycles. The number of likely N-dealkylation sites (tertiary alicyclic amines) is 1. The van der Waals surface area contributed by atoms with Crippen molar-refractivity contribution in [3.05, 3.63) is 16.1 Å². The molecule has 2 heterocycles. The van der Waals surface area contributed by atoms with Gasteiger partial charge in [0.1, 0.15) is 5.01 Å². The highest BCUT2D eigenvalue weighted by atomic mass is 32.1. The summed E-state index contributed by atoms with van der Waals surface area (Å²) >= 11 is 1.85. The molecule has 17 heavy (non-hydrogen) atoms. The summed E-state index contributed by atoms with van der Waals surface area (Å²) in [5, 5.41) is 1.25. The molecule has 2 rings (SSSR count). The Balaban J connectivity index is 1.93. The van der Waals surface area contributed by atoms with Crippen LogP contribution in [0.1, 0.15) is 43.0 Å². The second-order valence-electron chi connectivity index (χ2n) is 5.79. The first-order valence-electron chi connectivity index (χ1n) is 6.39. The molecule has 1 aliphatic heterocycles. The second kappa shape index (κ2) is 5.04. The van der Waals surface area contributed by atoms with Crippen LogP contribution >= 0.6 is 11.3 Å². The zero-order valence-electron chi connectivity index (χ0n) is 11.1. The summed E-state index contributed by atoms with van der Waals surface area (Å²) in [7, 11) is 0. The van der Waals surface area contributed by atoms with Gasteiger partial charge in [-0.3, -0.25) is 4.90 Å². The minimum atomic E-state index is 0.318. The van der Waals surface area contributed by atoms with Gasteiger partial charge in [0.05, 0.1) is 6.54 Å². The predicted molar refractivity (Wildman–Crippen MR) is 73.3 cm³/mol. The summed E-state index contributed by atoms with van der Waals surface area (Å²) in [5.74, 6) is 0.592. The molecule has 1 aromatic heterocycles. The number of rotatable bonds is 4. The van der Waals surface area contributed by atoms with Crippen molar-refractivity contribution >= 4 is 11.3 Å². The Bertz CT molecular complexity index is 374. The first-order valence-corrected chi connectivity index (χ1v) is 7.21. The van der Waals surface area contributed by atoms with E-state index in [9.17, 15) is 0 Å². The third-order valence-corrected chi connectivity index (χ3v) is 4.91. The topological polar surface area (TPSA) is 42.2 Å². The van der Waals surface area contributed by atoms with Crippen LogP contribution in [0, 0.1) is 5.41 Å². The molecular weight excluding hydrogens is 230 g/mol. The van der Waals surface area contributed by atoms with Crippen molar-refractivity contribution in [3.8, 4) is 0 Å². The SMILES string of the molecule is CC(C)c1cnc(CN2CCC(C)(CN)C2)s1. The average Bonchev–Trinajstić information content (AvgIpc) is 2.87. The molecule has 4 heteroatoms. The van der Waals surface area contributed by atoms with E-state index in [4.69, 9.17) is 5.73 Å². The highest BCUT2D eigenvalue weighted by molar-refractivity contribution is 7.11. The number of hydrogen-bond acceptors (Lipinski definition) is 4. The summed E-state index contributed by atoms with van der Waals surface area (Å²) in [5.41, 5.74) is 6.15. The van der Waals surface area contributed by atoms with Gasteiger partial charge in [-0.25, -0.2) is 4.98 Å². The van der Waals surface area contributed by atoms with E-state index in [-0.39, 0.29) is 0 Å². The van der Waals surface area contributed by atoms with Crippen LogP contribution in [0.25, 0.3) is 0 Å². The third kappa shape index (κ3) is 3.06. The van der Waals surface area contributed by atoms with E-state index in [2.05, 4.69) is 30.7 Å². The number of nitrogens with zero attached hydrogens (tertiary/aromatic N) is 2. The van der Waals surface area contributed by atoms with E-state index in [1.165, 1.54) is 16.3 Å². The van der Waals surface area contributed by atoms with Gasteiger partial charge in [-0.1, -0.05) is 20.8 Å². The normalized spacial score (nSPS) is 25.9. The van der Waals surface area contributed by atoms with Gasteiger partial charge >= 0.3 is 0 Å². The van der Waals surface area contributed by atoms with Gasteiger partial charge in [0.15, 0.2) is 0 Å².